The maximum absolute atomic E-state index is 12.8. The number of alkyl halides is 3. The van der Waals surface area contributed by atoms with Crippen LogP contribution in [0.3, 0.4) is 0 Å². The summed E-state index contributed by atoms with van der Waals surface area (Å²) in [6.45, 7) is 1.15. The van der Waals surface area contributed by atoms with Crippen LogP contribution in [0.15, 0.2) is 18.3 Å². The number of hydrogen-bond acceptors (Lipinski definition) is 3. The molecule has 1 atom stereocenters. The lowest BCUT2D eigenvalue weighted by Crippen LogP contribution is -2.52. The fraction of sp³-hybridized carbons (Fsp3) is 0.500. The van der Waals surface area contributed by atoms with Gasteiger partial charge in [0.1, 0.15) is 13.2 Å². The molecule has 1 aromatic rings. The van der Waals surface area contributed by atoms with Crippen molar-refractivity contribution in [3.8, 4) is 5.75 Å². The van der Waals surface area contributed by atoms with Crippen molar-refractivity contribution < 1.29 is 18.3 Å². The number of ether oxygens (including phenoxy) is 1. The second-order valence-corrected chi connectivity index (χ2v) is 5.16. The number of carbonyl (C=O) groups excluding carboxylic acids is 1. The Hall–Kier alpha value is -1.63. The Morgan fingerprint density at radius 1 is 1.70 bits per heavy atom. The fourth-order valence-electron chi connectivity index (χ4n) is 1.97. The number of amides is 2. The molecule has 2 amide bonds. The van der Waals surface area contributed by atoms with Gasteiger partial charge in [-0.25, -0.2) is 9.78 Å². The van der Waals surface area contributed by atoms with Crippen molar-refractivity contribution in [3.05, 3.63) is 18.3 Å². The number of anilines is 1. The molecular weight excluding hydrogens is 292 g/mol. The first-order chi connectivity index (χ1) is 9.29. The SMILES string of the molecule is C[C@@H]1COc2cccnc2N1C(=O)N(C)CC(F)(F)Cl. The van der Waals surface area contributed by atoms with Gasteiger partial charge in [0.2, 0.25) is 0 Å². The molecule has 5 nitrogen and oxygen atoms in total. The van der Waals surface area contributed by atoms with Crippen LogP contribution in [0.2, 0.25) is 0 Å². The largest absolute Gasteiger partial charge is 0.488 e. The Balaban J connectivity index is 2.25. The van der Waals surface area contributed by atoms with E-state index in [2.05, 4.69) is 4.98 Å². The fourth-order valence-corrected chi connectivity index (χ4v) is 2.15. The molecule has 0 saturated carbocycles. The highest BCUT2D eigenvalue weighted by atomic mass is 35.5. The quantitative estimate of drug-likeness (QED) is 0.789. The van der Waals surface area contributed by atoms with Gasteiger partial charge in [-0.1, -0.05) is 0 Å². The predicted molar refractivity (Wildman–Crippen MR) is 70.5 cm³/mol. The number of carbonyl (C=O) groups is 1. The van der Waals surface area contributed by atoms with E-state index in [-0.39, 0.29) is 12.6 Å². The summed E-state index contributed by atoms with van der Waals surface area (Å²) in [5.74, 6) is 0.769. The molecule has 110 valence electrons. The summed E-state index contributed by atoms with van der Waals surface area (Å²) in [7, 11) is 1.27. The Bertz CT molecular complexity index is 510. The summed E-state index contributed by atoms with van der Waals surface area (Å²) in [6, 6.07) is 2.44. The molecule has 1 aliphatic rings. The van der Waals surface area contributed by atoms with Crippen LogP contribution in [0.4, 0.5) is 19.4 Å². The lowest BCUT2D eigenvalue weighted by Gasteiger charge is -2.36. The smallest absolute Gasteiger partial charge is 0.338 e. The lowest BCUT2D eigenvalue weighted by molar-refractivity contribution is 0.0658. The third-order valence-electron chi connectivity index (χ3n) is 2.85. The van der Waals surface area contributed by atoms with Crippen molar-refractivity contribution in [2.75, 3.05) is 25.1 Å². The summed E-state index contributed by atoms with van der Waals surface area (Å²) >= 11 is 4.86. The first-order valence-corrected chi connectivity index (χ1v) is 6.36. The van der Waals surface area contributed by atoms with E-state index < -0.39 is 18.0 Å². The van der Waals surface area contributed by atoms with Crippen molar-refractivity contribution in [1.82, 2.24) is 9.88 Å². The van der Waals surface area contributed by atoms with Gasteiger partial charge in [-0.05, 0) is 30.7 Å². The molecule has 1 aromatic heterocycles. The van der Waals surface area contributed by atoms with E-state index in [4.69, 9.17) is 16.3 Å². The molecule has 0 N–H and O–H groups in total. The van der Waals surface area contributed by atoms with Gasteiger partial charge in [-0.2, -0.15) is 8.78 Å². The Labute approximate surface area is 120 Å². The first kappa shape index (κ1) is 14.8. The second kappa shape index (κ2) is 5.40. The number of urea groups is 1. The van der Waals surface area contributed by atoms with Gasteiger partial charge in [-0.3, -0.25) is 4.90 Å². The van der Waals surface area contributed by atoms with Gasteiger partial charge in [0.15, 0.2) is 11.6 Å². The van der Waals surface area contributed by atoms with Crippen molar-refractivity contribution in [2.45, 2.75) is 18.3 Å². The number of pyridine rings is 1. The average molecular weight is 306 g/mol. The summed E-state index contributed by atoms with van der Waals surface area (Å²) in [5.41, 5.74) is 0. The summed E-state index contributed by atoms with van der Waals surface area (Å²) in [4.78, 5) is 18.6. The minimum atomic E-state index is -3.47. The van der Waals surface area contributed by atoms with Crippen LogP contribution in [-0.2, 0) is 0 Å². The molecule has 20 heavy (non-hydrogen) atoms. The minimum absolute atomic E-state index is 0.273. The van der Waals surface area contributed by atoms with E-state index in [1.165, 1.54) is 18.1 Å². The average Bonchev–Trinajstić information content (AvgIpc) is 2.36. The third-order valence-corrected chi connectivity index (χ3v) is 2.97. The molecular formula is C12H14ClF2N3O2. The summed E-state index contributed by atoms with van der Waals surface area (Å²) < 4.78 is 31.1. The molecule has 0 radical (unpaired) electrons. The number of halogens is 3. The molecule has 0 spiro atoms. The van der Waals surface area contributed by atoms with E-state index >= 15 is 0 Å². The molecule has 0 aromatic carbocycles. The zero-order valence-electron chi connectivity index (χ0n) is 11.0. The van der Waals surface area contributed by atoms with E-state index in [1.807, 2.05) is 0 Å². The lowest BCUT2D eigenvalue weighted by atomic mass is 10.2. The molecule has 0 aliphatic carbocycles. The topological polar surface area (TPSA) is 45.7 Å². The van der Waals surface area contributed by atoms with E-state index in [9.17, 15) is 13.6 Å². The predicted octanol–water partition coefficient (Wildman–Crippen LogP) is 2.55. The Morgan fingerprint density at radius 2 is 2.40 bits per heavy atom. The van der Waals surface area contributed by atoms with E-state index in [0.717, 1.165) is 4.90 Å². The highest BCUT2D eigenvalue weighted by Crippen LogP contribution is 2.32. The third kappa shape index (κ3) is 3.09. The standard InChI is InChI=1S/C12H14ClF2N3O2/c1-8-6-20-9-4-3-5-16-10(9)18(8)11(19)17(2)7-12(13,14)15/h3-5,8H,6-7H2,1-2H3/t8-/m1/s1. The van der Waals surface area contributed by atoms with Crippen LogP contribution in [0.5, 0.6) is 5.75 Å². The molecule has 1 aliphatic heterocycles. The van der Waals surface area contributed by atoms with Crippen LogP contribution < -0.4 is 9.64 Å². The van der Waals surface area contributed by atoms with Gasteiger partial charge >= 0.3 is 11.4 Å². The zero-order valence-corrected chi connectivity index (χ0v) is 11.8. The molecule has 0 fully saturated rings. The molecule has 8 heteroatoms. The van der Waals surface area contributed by atoms with Crippen molar-refractivity contribution in [1.29, 1.82) is 0 Å². The minimum Gasteiger partial charge on any atom is -0.488 e. The maximum Gasteiger partial charge on any atom is 0.338 e. The molecule has 0 unspecified atom stereocenters. The van der Waals surface area contributed by atoms with Crippen molar-refractivity contribution in [3.63, 3.8) is 0 Å². The maximum atomic E-state index is 12.8. The van der Waals surface area contributed by atoms with Gasteiger partial charge in [0.25, 0.3) is 0 Å². The molecule has 0 bridgehead atoms. The number of rotatable bonds is 2. The van der Waals surface area contributed by atoms with Crippen LogP contribution in [0, 0.1) is 0 Å². The van der Waals surface area contributed by atoms with Crippen molar-refractivity contribution in [2.24, 2.45) is 0 Å². The van der Waals surface area contributed by atoms with Gasteiger partial charge < -0.3 is 9.64 Å². The number of hydrogen-bond donors (Lipinski definition) is 0. The highest BCUT2D eigenvalue weighted by Gasteiger charge is 2.36. The van der Waals surface area contributed by atoms with Crippen LogP contribution in [0.1, 0.15) is 6.92 Å². The normalized spacial score (nSPS) is 18.2. The Morgan fingerprint density at radius 3 is 3.05 bits per heavy atom. The second-order valence-electron chi connectivity index (χ2n) is 4.61. The van der Waals surface area contributed by atoms with Gasteiger partial charge in [-0.15, -0.1) is 0 Å². The summed E-state index contributed by atoms with van der Waals surface area (Å²) in [6.07, 6.45) is 1.51. The van der Waals surface area contributed by atoms with Crippen LogP contribution >= 0.6 is 11.6 Å². The zero-order chi connectivity index (χ0) is 14.9. The number of aromatic nitrogens is 1. The molecule has 2 rings (SSSR count). The monoisotopic (exact) mass is 305 g/mol. The van der Waals surface area contributed by atoms with Crippen LogP contribution in [-0.4, -0.2) is 47.5 Å². The highest BCUT2D eigenvalue weighted by molar-refractivity contribution is 6.22. The van der Waals surface area contributed by atoms with E-state index in [0.29, 0.717) is 11.6 Å². The molecule has 2 heterocycles. The molecule has 0 saturated heterocycles. The number of fused-ring (bicyclic) bond motifs is 1. The summed E-state index contributed by atoms with van der Waals surface area (Å²) in [5, 5.41) is -3.47. The van der Waals surface area contributed by atoms with Crippen LogP contribution in [0.25, 0.3) is 0 Å². The van der Waals surface area contributed by atoms with Gasteiger partial charge in [0, 0.05) is 13.2 Å². The Kier molecular flexibility index (Phi) is 3.99. The van der Waals surface area contributed by atoms with E-state index in [1.54, 1.807) is 19.1 Å². The number of nitrogens with zero attached hydrogens (tertiary/aromatic N) is 3. The van der Waals surface area contributed by atoms with Crippen molar-refractivity contribution >= 4 is 23.4 Å². The van der Waals surface area contributed by atoms with Gasteiger partial charge in [0.05, 0.1) is 6.04 Å². The first-order valence-electron chi connectivity index (χ1n) is 5.98.